The van der Waals surface area contributed by atoms with Crippen LogP contribution in [0.15, 0.2) is 90.3 Å². The molecule has 0 fully saturated rings. The Morgan fingerprint density at radius 2 is 1.85 bits per heavy atom. The van der Waals surface area contributed by atoms with Gasteiger partial charge >= 0.3 is 0 Å². The Bertz CT molecular complexity index is 1090. The minimum atomic E-state index is -0.248. The van der Waals surface area contributed by atoms with Gasteiger partial charge < -0.3 is 4.57 Å². The summed E-state index contributed by atoms with van der Waals surface area (Å²) in [4.78, 5) is 16.8. The van der Waals surface area contributed by atoms with Crippen molar-refractivity contribution in [3.8, 4) is 0 Å². The van der Waals surface area contributed by atoms with E-state index in [1.54, 1.807) is 18.6 Å². The third kappa shape index (κ3) is 3.77. The minimum absolute atomic E-state index is 0.248. The van der Waals surface area contributed by atoms with Gasteiger partial charge in [0.05, 0.1) is 6.21 Å². The van der Waals surface area contributed by atoms with Crippen molar-refractivity contribution in [2.75, 3.05) is 0 Å². The van der Waals surface area contributed by atoms with E-state index in [2.05, 4.69) is 27.6 Å². The van der Waals surface area contributed by atoms with Gasteiger partial charge in [-0.2, -0.15) is 5.10 Å². The number of aromatic nitrogens is 2. The van der Waals surface area contributed by atoms with Crippen LogP contribution in [0, 0.1) is 0 Å². The second kappa shape index (κ2) is 7.66. The van der Waals surface area contributed by atoms with E-state index in [0.29, 0.717) is 12.2 Å². The topological polar surface area (TPSA) is 59.3 Å². The molecule has 4 rings (SSSR count). The summed E-state index contributed by atoms with van der Waals surface area (Å²) in [6.07, 6.45) is 4.95. The monoisotopic (exact) mass is 354 g/mol. The molecule has 0 aliphatic carbocycles. The van der Waals surface area contributed by atoms with Crippen LogP contribution in [-0.2, 0) is 6.54 Å². The van der Waals surface area contributed by atoms with Crippen molar-refractivity contribution in [1.82, 2.24) is 15.0 Å². The summed E-state index contributed by atoms with van der Waals surface area (Å²) in [5.41, 5.74) is 6.16. The van der Waals surface area contributed by atoms with Gasteiger partial charge in [0.25, 0.3) is 5.91 Å². The predicted octanol–water partition coefficient (Wildman–Crippen LogP) is 3.85. The number of amides is 1. The highest BCUT2D eigenvalue weighted by atomic mass is 16.2. The largest absolute Gasteiger partial charge is 0.332 e. The molecule has 2 aromatic heterocycles. The molecule has 0 unspecified atom stereocenters. The maximum Gasteiger partial charge on any atom is 0.288 e. The van der Waals surface area contributed by atoms with Gasteiger partial charge in [0, 0.05) is 35.4 Å². The fraction of sp³-hybridized carbons (Fsp3) is 0.0455. The standard InChI is InChI=1S/C22H18N4O/c27-22(25-24-15-18-9-6-12-23-14-18)21-13-19-10-4-5-11-20(19)26(21)16-17-7-2-1-3-8-17/h1-15H,16H2,(H,25,27)/b24-15+. The van der Waals surface area contributed by atoms with Gasteiger partial charge in [0.1, 0.15) is 5.69 Å². The van der Waals surface area contributed by atoms with Gasteiger partial charge in [-0.1, -0.05) is 54.6 Å². The van der Waals surface area contributed by atoms with Crippen LogP contribution in [0.4, 0.5) is 0 Å². The number of hydrazone groups is 1. The van der Waals surface area contributed by atoms with E-state index in [0.717, 1.165) is 22.0 Å². The van der Waals surface area contributed by atoms with Crippen LogP contribution in [0.2, 0.25) is 0 Å². The number of nitrogens with one attached hydrogen (secondary N) is 1. The molecule has 1 N–H and O–H groups in total. The van der Waals surface area contributed by atoms with Crippen LogP contribution >= 0.6 is 0 Å². The Balaban J connectivity index is 1.63. The summed E-state index contributed by atoms with van der Waals surface area (Å²) in [7, 11) is 0. The summed E-state index contributed by atoms with van der Waals surface area (Å²) in [5.74, 6) is -0.248. The van der Waals surface area contributed by atoms with Crippen molar-refractivity contribution in [1.29, 1.82) is 0 Å². The number of benzene rings is 2. The third-order valence-electron chi connectivity index (χ3n) is 4.29. The lowest BCUT2D eigenvalue weighted by atomic mass is 10.2. The van der Waals surface area contributed by atoms with Crippen LogP contribution in [0.3, 0.4) is 0 Å². The van der Waals surface area contributed by atoms with Crippen LogP contribution in [0.25, 0.3) is 10.9 Å². The van der Waals surface area contributed by atoms with E-state index in [4.69, 9.17) is 0 Å². The first-order valence-electron chi connectivity index (χ1n) is 8.67. The molecule has 5 heteroatoms. The molecule has 4 aromatic rings. The van der Waals surface area contributed by atoms with Crippen LogP contribution in [0.5, 0.6) is 0 Å². The summed E-state index contributed by atoms with van der Waals surface area (Å²) < 4.78 is 2.01. The maximum atomic E-state index is 12.8. The first kappa shape index (κ1) is 16.7. The average Bonchev–Trinajstić information content (AvgIpc) is 3.08. The lowest BCUT2D eigenvalue weighted by molar-refractivity contribution is 0.0947. The van der Waals surface area contributed by atoms with E-state index in [-0.39, 0.29) is 5.91 Å². The molecule has 0 saturated carbocycles. The number of para-hydroxylation sites is 1. The fourth-order valence-corrected chi connectivity index (χ4v) is 3.01. The van der Waals surface area contributed by atoms with Crippen LogP contribution in [0.1, 0.15) is 21.6 Å². The lowest BCUT2D eigenvalue weighted by Crippen LogP contribution is -2.21. The van der Waals surface area contributed by atoms with Crippen molar-refractivity contribution in [3.05, 3.63) is 102 Å². The summed E-state index contributed by atoms with van der Waals surface area (Å²) >= 11 is 0. The molecule has 0 aliphatic heterocycles. The molecule has 2 aromatic carbocycles. The smallest absolute Gasteiger partial charge is 0.288 e. The van der Waals surface area contributed by atoms with Crippen molar-refractivity contribution < 1.29 is 4.79 Å². The molecule has 2 heterocycles. The zero-order valence-electron chi connectivity index (χ0n) is 14.6. The van der Waals surface area contributed by atoms with E-state index in [1.807, 2.05) is 65.2 Å². The van der Waals surface area contributed by atoms with Gasteiger partial charge in [0.2, 0.25) is 0 Å². The van der Waals surface area contributed by atoms with Crippen molar-refractivity contribution in [3.63, 3.8) is 0 Å². The fourth-order valence-electron chi connectivity index (χ4n) is 3.01. The average molecular weight is 354 g/mol. The minimum Gasteiger partial charge on any atom is -0.332 e. The summed E-state index contributed by atoms with van der Waals surface area (Å²) in [6.45, 7) is 0.615. The SMILES string of the molecule is O=C(N/N=C/c1cccnc1)c1cc2ccccc2n1Cc1ccccc1. The van der Waals surface area contributed by atoms with Crippen LogP contribution in [-0.4, -0.2) is 21.7 Å². The molecule has 0 bridgehead atoms. The number of rotatable bonds is 5. The third-order valence-corrected chi connectivity index (χ3v) is 4.29. The van der Waals surface area contributed by atoms with E-state index >= 15 is 0 Å². The summed E-state index contributed by atoms with van der Waals surface area (Å²) in [6, 6.07) is 23.6. The molecular weight excluding hydrogens is 336 g/mol. The van der Waals surface area contributed by atoms with E-state index in [1.165, 1.54) is 0 Å². The van der Waals surface area contributed by atoms with Crippen molar-refractivity contribution >= 4 is 23.0 Å². The Morgan fingerprint density at radius 1 is 1.04 bits per heavy atom. The molecule has 132 valence electrons. The van der Waals surface area contributed by atoms with Crippen molar-refractivity contribution in [2.45, 2.75) is 6.54 Å². The van der Waals surface area contributed by atoms with Gasteiger partial charge in [0.15, 0.2) is 0 Å². The molecule has 27 heavy (non-hydrogen) atoms. The van der Waals surface area contributed by atoms with E-state index in [9.17, 15) is 4.79 Å². The second-order valence-electron chi connectivity index (χ2n) is 6.15. The highest BCUT2D eigenvalue weighted by Crippen LogP contribution is 2.21. The van der Waals surface area contributed by atoms with Crippen molar-refractivity contribution in [2.24, 2.45) is 5.10 Å². The molecule has 1 amide bonds. The highest BCUT2D eigenvalue weighted by molar-refractivity contribution is 5.99. The number of hydrogen-bond acceptors (Lipinski definition) is 3. The highest BCUT2D eigenvalue weighted by Gasteiger charge is 2.15. The zero-order chi connectivity index (χ0) is 18.5. The number of nitrogens with zero attached hydrogens (tertiary/aromatic N) is 3. The Kier molecular flexibility index (Phi) is 4.74. The molecule has 5 nitrogen and oxygen atoms in total. The molecular formula is C22H18N4O. The first-order chi connectivity index (χ1) is 13.3. The lowest BCUT2D eigenvalue weighted by Gasteiger charge is -2.10. The quantitative estimate of drug-likeness (QED) is 0.437. The summed E-state index contributed by atoms with van der Waals surface area (Å²) in [5, 5.41) is 5.08. The number of fused-ring (bicyclic) bond motifs is 1. The first-order valence-corrected chi connectivity index (χ1v) is 8.67. The van der Waals surface area contributed by atoms with E-state index < -0.39 is 0 Å². The number of hydrogen-bond donors (Lipinski definition) is 1. The molecule has 0 aliphatic rings. The second-order valence-corrected chi connectivity index (χ2v) is 6.15. The molecule has 0 saturated heterocycles. The zero-order valence-corrected chi connectivity index (χ0v) is 14.6. The Morgan fingerprint density at radius 3 is 2.67 bits per heavy atom. The molecule has 0 atom stereocenters. The maximum absolute atomic E-state index is 12.8. The van der Waals surface area contributed by atoms with Gasteiger partial charge in [-0.3, -0.25) is 9.78 Å². The number of pyridine rings is 1. The Hall–Kier alpha value is -3.73. The van der Waals surface area contributed by atoms with Gasteiger partial charge in [-0.05, 0) is 23.8 Å². The van der Waals surface area contributed by atoms with Gasteiger partial charge in [-0.15, -0.1) is 0 Å². The number of carbonyl (C=O) groups excluding carboxylic acids is 1. The predicted molar refractivity (Wildman–Crippen MR) is 107 cm³/mol. The normalized spacial score (nSPS) is 11.1. The number of carbonyl (C=O) groups is 1. The van der Waals surface area contributed by atoms with Gasteiger partial charge in [-0.25, -0.2) is 5.43 Å². The van der Waals surface area contributed by atoms with Crippen LogP contribution < -0.4 is 5.43 Å². The molecule has 0 spiro atoms. The Labute approximate surface area is 157 Å². The molecule has 0 radical (unpaired) electrons.